The molecule has 0 bridgehead atoms. The maximum absolute atomic E-state index is 12.8. The molecule has 2 N–H and O–H groups in total. The molecule has 160 valence electrons. The van der Waals surface area contributed by atoms with Crippen LogP contribution in [0, 0.1) is 0 Å². The van der Waals surface area contributed by atoms with Crippen LogP contribution in [-0.2, 0) is 11.3 Å². The van der Waals surface area contributed by atoms with Gasteiger partial charge in [-0.05, 0) is 29.8 Å². The number of aromatic nitrogens is 2. The summed E-state index contributed by atoms with van der Waals surface area (Å²) in [7, 11) is 0. The third-order valence-electron chi connectivity index (χ3n) is 5.23. The number of hydrogen-bond acceptors (Lipinski definition) is 4. The first-order valence-corrected chi connectivity index (χ1v) is 10.4. The fraction of sp³-hybridized carbons (Fsp3) is 0.261. The Labute approximate surface area is 181 Å². The largest absolute Gasteiger partial charge is 0.325 e. The Morgan fingerprint density at radius 2 is 1.61 bits per heavy atom. The lowest BCUT2D eigenvalue weighted by atomic mass is 10.2. The van der Waals surface area contributed by atoms with Gasteiger partial charge in [-0.1, -0.05) is 36.4 Å². The zero-order chi connectivity index (χ0) is 21.5. The molecule has 1 aliphatic rings. The smallest absolute Gasteiger partial charge is 0.321 e. The fourth-order valence-electron chi connectivity index (χ4n) is 3.58. The van der Waals surface area contributed by atoms with Crippen molar-refractivity contribution in [3.63, 3.8) is 0 Å². The predicted molar refractivity (Wildman–Crippen MR) is 120 cm³/mol. The second-order valence-electron chi connectivity index (χ2n) is 7.47. The molecule has 0 saturated carbocycles. The van der Waals surface area contributed by atoms with E-state index < -0.39 is 0 Å². The molecule has 0 atom stereocenters. The number of urea groups is 1. The highest BCUT2D eigenvalue weighted by Crippen LogP contribution is 2.17. The Kier molecular flexibility index (Phi) is 6.59. The van der Waals surface area contributed by atoms with Gasteiger partial charge in [0, 0.05) is 49.9 Å². The maximum atomic E-state index is 12.8. The van der Waals surface area contributed by atoms with E-state index in [9.17, 15) is 9.59 Å². The van der Waals surface area contributed by atoms with Crippen LogP contribution in [0.3, 0.4) is 0 Å². The number of carbonyl (C=O) groups is 2. The van der Waals surface area contributed by atoms with Crippen LogP contribution in [0.1, 0.15) is 5.56 Å². The van der Waals surface area contributed by atoms with Crippen LogP contribution in [0.2, 0.25) is 0 Å². The monoisotopic (exact) mass is 418 g/mol. The molecule has 3 aromatic rings. The number of carbonyl (C=O) groups excluding carboxylic acids is 2. The molecule has 0 spiro atoms. The van der Waals surface area contributed by atoms with Gasteiger partial charge in [0.25, 0.3) is 0 Å². The SMILES string of the molecule is O=C(CN1CCN(C(=O)Nc2ccccc2Cn2cccn2)CC1)Nc1ccccc1. The third-order valence-corrected chi connectivity index (χ3v) is 5.23. The van der Waals surface area contributed by atoms with Crippen molar-refractivity contribution in [2.75, 3.05) is 43.4 Å². The lowest BCUT2D eigenvalue weighted by molar-refractivity contribution is -0.117. The van der Waals surface area contributed by atoms with Crippen molar-refractivity contribution >= 4 is 23.3 Å². The summed E-state index contributed by atoms with van der Waals surface area (Å²) in [5, 5.41) is 10.2. The van der Waals surface area contributed by atoms with Gasteiger partial charge in [-0.15, -0.1) is 0 Å². The number of piperazine rings is 1. The highest BCUT2D eigenvalue weighted by molar-refractivity contribution is 5.92. The van der Waals surface area contributed by atoms with E-state index in [2.05, 4.69) is 20.6 Å². The molecule has 1 fully saturated rings. The van der Waals surface area contributed by atoms with Crippen molar-refractivity contribution in [2.45, 2.75) is 6.54 Å². The Morgan fingerprint density at radius 1 is 0.871 bits per heavy atom. The highest BCUT2D eigenvalue weighted by Gasteiger charge is 2.23. The quantitative estimate of drug-likeness (QED) is 0.645. The number of nitrogens with zero attached hydrogens (tertiary/aromatic N) is 4. The van der Waals surface area contributed by atoms with Gasteiger partial charge in [-0.2, -0.15) is 5.10 Å². The second-order valence-corrected chi connectivity index (χ2v) is 7.47. The van der Waals surface area contributed by atoms with Gasteiger partial charge in [0.05, 0.1) is 13.1 Å². The maximum Gasteiger partial charge on any atom is 0.321 e. The Morgan fingerprint density at radius 3 is 2.35 bits per heavy atom. The Hall–Kier alpha value is -3.65. The van der Waals surface area contributed by atoms with Gasteiger partial charge < -0.3 is 15.5 Å². The number of para-hydroxylation sites is 2. The minimum atomic E-state index is -0.124. The molecule has 3 amide bonds. The van der Waals surface area contributed by atoms with Crippen LogP contribution in [0.4, 0.5) is 16.2 Å². The normalized spacial score (nSPS) is 14.3. The number of rotatable bonds is 6. The standard InChI is InChI=1S/C23H26N6O2/c30-22(25-20-8-2-1-3-9-20)18-27-13-15-28(16-14-27)23(31)26-21-10-5-4-7-19(21)17-29-12-6-11-24-29/h1-12H,13-18H2,(H,25,30)(H,26,31). The third kappa shape index (κ3) is 5.70. The van der Waals surface area contributed by atoms with E-state index in [1.54, 1.807) is 11.1 Å². The Bertz CT molecular complexity index is 998. The van der Waals surface area contributed by atoms with Crippen LogP contribution in [0.15, 0.2) is 73.1 Å². The van der Waals surface area contributed by atoms with E-state index in [1.807, 2.05) is 71.5 Å². The van der Waals surface area contributed by atoms with Crippen molar-refractivity contribution in [1.82, 2.24) is 19.6 Å². The fourth-order valence-corrected chi connectivity index (χ4v) is 3.58. The molecule has 1 saturated heterocycles. The average molecular weight is 419 g/mol. The van der Waals surface area contributed by atoms with Gasteiger partial charge in [-0.3, -0.25) is 14.4 Å². The predicted octanol–water partition coefficient (Wildman–Crippen LogP) is 2.72. The van der Waals surface area contributed by atoms with Crippen LogP contribution in [0.25, 0.3) is 0 Å². The van der Waals surface area contributed by atoms with E-state index >= 15 is 0 Å². The molecule has 31 heavy (non-hydrogen) atoms. The molecule has 0 unspecified atom stereocenters. The molecule has 8 heteroatoms. The molecule has 0 radical (unpaired) electrons. The first-order valence-electron chi connectivity index (χ1n) is 10.4. The molecular weight excluding hydrogens is 392 g/mol. The van der Waals surface area contributed by atoms with Crippen LogP contribution < -0.4 is 10.6 Å². The lowest BCUT2D eigenvalue weighted by Gasteiger charge is -2.34. The van der Waals surface area contributed by atoms with Gasteiger partial charge in [0.1, 0.15) is 0 Å². The zero-order valence-corrected chi connectivity index (χ0v) is 17.3. The summed E-state index contributed by atoms with van der Waals surface area (Å²) < 4.78 is 1.82. The van der Waals surface area contributed by atoms with E-state index in [0.29, 0.717) is 39.3 Å². The number of amides is 3. The van der Waals surface area contributed by atoms with Crippen LogP contribution >= 0.6 is 0 Å². The van der Waals surface area contributed by atoms with Gasteiger partial charge in [-0.25, -0.2) is 4.79 Å². The summed E-state index contributed by atoms with van der Waals surface area (Å²) >= 11 is 0. The topological polar surface area (TPSA) is 82.5 Å². The van der Waals surface area contributed by atoms with Crippen molar-refractivity contribution in [3.05, 3.63) is 78.6 Å². The van der Waals surface area contributed by atoms with Crippen molar-refractivity contribution < 1.29 is 9.59 Å². The number of nitrogens with one attached hydrogen (secondary N) is 2. The number of benzene rings is 2. The summed E-state index contributed by atoms with van der Waals surface area (Å²) in [5.74, 6) is -0.0448. The zero-order valence-electron chi connectivity index (χ0n) is 17.3. The summed E-state index contributed by atoms with van der Waals surface area (Å²) in [4.78, 5) is 28.9. The summed E-state index contributed by atoms with van der Waals surface area (Å²) in [6.07, 6.45) is 3.63. The first kappa shape index (κ1) is 20.6. The van der Waals surface area contributed by atoms with E-state index in [1.165, 1.54) is 0 Å². The number of anilines is 2. The Balaban J connectivity index is 1.27. The van der Waals surface area contributed by atoms with E-state index in [0.717, 1.165) is 16.9 Å². The molecule has 8 nitrogen and oxygen atoms in total. The molecule has 1 aromatic heterocycles. The van der Waals surface area contributed by atoms with Gasteiger partial charge in [0.2, 0.25) is 5.91 Å². The molecule has 2 aromatic carbocycles. The van der Waals surface area contributed by atoms with Crippen molar-refractivity contribution in [3.8, 4) is 0 Å². The molecule has 0 aliphatic carbocycles. The van der Waals surface area contributed by atoms with E-state index in [-0.39, 0.29) is 11.9 Å². The van der Waals surface area contributed by atoms with Crippen LogP contribution in [0.5, 0.6) is 0 Å². The number of hydrogen-bond donors (Lipinski definition) is 2. The highest BCUT2D eigenvalue weighted by atomic mass is 16.2. The van der Waals surface area contributed by atoms with Gasteiger partial charge >= 0.3 is 6.03 Å². The molecule has 4 rings (SSSR count). The summed E-state index contributed by atoms with van der Waals surface area (Å²) in [6.45, 7) is 3.37. The lowest BCUT2D eigenvalue weighted by Crippen LogP contribution is -2.51. The molecule has 1 aliphatic heterocycles. The van der Waals surface area contributed by atoms with Crippen molar-refractivity contribution in [1.29, 1.82) is 0 Å². The summed E-state index contributed by atoms with van der Waals surface area (Å²) in [6, 6.07) is 18.9. The first-order chi connectivity index (χ1) is 15.2. The summed E-state index contributed by atoms with van der Waals surface area (Å²) in [5.41, 5.74) is 2.57. The molecular formula is C23H26N6O2. The second kappa shape index (κ2) is 9.90. The van der Waals surface area contributed by atoms with E-state index in [4.69, 9.17) is 0 Å². The van der Waals surface area contributed by atoms with Crippen LogP contribution in [-0.4, -0.2) is 64.2 Å². The molecule has 2 heterocycles. The minimum absolute atomic E-state index is 0.0448. The minimum Gasteiger partial charge on any atom is -0.325 e. The van der Waals surface area contributed by atoms with Crippen molar-refractivity contribution in [2.24, 2.45) is 0 Å². The average Bonchev–Trinajstić information content (AvgIpc) is 3.29. The van der Waals surface area contributed by atoms with Gasteiger partial charge in [0.15, 0.2) is 0 Å².